The number of hydrogen-bond donors (Lipinski definition) is 2. The van der Waals surface area contributed by atoms with Crippen LogP contribution in [0.15, 0.2) is 48.5 Å². The highest BCUT2D eigenvalue weighted by Gasteiger charge is 2.02. The summed E-state index contributed by atoms with van der Waals surface area (Å²) in [6.07, 6.45) is 3.07. The van der Waals surface area contributed by atoms with Crippen LogP contribution in [0.4, 0.5) is 0 Å². The summed E-state index contributed by atoms with van der Waals surface area (Å²) in [5.41, 5.74) is 2.67. The van der Waals surface area contributed by atoms with Gasteiger partial charge in [-0.25, -0.2) is 0 Å². The van der Waals surface area contributed by atoms with Crippen molar-refractivity contribution in [1.82, 2.24) is 0 Å². The van der Waals surface area contributed by atoms with Crippen LogP contribution < -0.4 is 4.74 Å². The summed E-state index contributed by atoms with van der Waals surface area (Å²) in [5, 5.41) is 26.7. The second kappa shape index (κ2) is 7.99. The third-order valence-corrected chi connectivity index (χ3v) is 3.04. The molecule has 0 aliphatic carbocycles. The Morgan fingerprint density at radius 1 is 1.00 bits per heavy atom. The summed E-state index contributed by atoms with van der Waals surface area (Å²) >= 11 is 0. The molecule has 4 nitrogen and oxygen atoms in total. The Hall–Kier alpha value is -2.61. The highest BCUT2D eigenvalue weighted by atomic mass is 16.5. The molecule has 1 atom stereocenters. The van der Waals surface area contributed by atoms with E-state index in [1.807, 2.05) is 48.6 Å². The van der Waals surface area contributed by atoms with E-state index in [-0.39, 0.29) is 13.2 Å². The van der Waals surface area contributed by atoms with Gasteiger partial charge in [-0.3, -0.25) is 0 Å². The van der Waals surface area contributed by atoms with Crippen molar-refractivity contribution in [2.45, 2.75) is 6.10 Å². The van der Waals surface area contributed by atoms with Gasteiger partial charge in [0.05, 0.1) is 18.2 Å². The molecule has 2 aromatic rings. The number of benzene rings is 2. The molecule has 0 saturated heterocycles. The van der Waals surface area contributed by atoms with Crippen molar-refractivity contribution in [3.63, 3.8) is 0 Å². The molecule has 0 bridgehead atoms. The van der Waals surface area contributed by atoms with Gasteiger partial charge in [0.2, 0.25) is 0 Å². The zero-order valence-electron chi connectivity index (χ0n) is 12.0. The number of rotatable bonds is 6. The summed E-state index contributed by atoms with van der Waals surface area (Å²) in [7, 11) is 0. The zero-order chi connectivity index (χ0) is 15.8. The molecule has 0 saturated carbocycles. The molecule has 0 spiro atoms. The van der Waals surface area contributed by atoms with Crippen molar-refractivity contribution in [1.29, 1.82) is 5.26 Å². The first-order valence-corrected chi connectivity index (χ1v) is 6.91. The van der Waals surface area contributed by atoms with Crippen molar-refractivity contribution in [3.05, 3.63) is 65.2 Å². The van der Waals surface area contributed by atoms with Gasteiger partial charge in [-0.2, -0.15) is 5.26 Å². The Morgan fingerprint density at radius 3 is 2.05 bits per heavy atom. The number of nitrogens with zero attached hydrogens (tertiary/aromatic N) is 1. The van der Waals surface area contributed by atoms with E-state index in [0.29, 0.717) is 11.3 Å². The zero-order valence-corrected chi connectivity index (χ0v) is 12.0. The lowest BCUT2D eigenvalue weighted by atomic mass is 10.1. The van der Waals surface area contributed by atoms with Gasteiger partial charge in [0.15, 0.2) is 0 Å². The van der Waals surface area contributed by atoms with Crippen molar-refractivity contribution < 1.29 is 14.9 Å². The third kappa shape index (κ3) is 4.74. The second-order valence-corrected chi connectivity index (χ2v) is 4.78. The average Bonchev–Trinajstić information content (AvgIpc) is 2.59. The molecule has 4 heteroatoms. The van der Waals surface area contributed by atoms with Crippen molar-refractivity contribution in [2.75, 3.05) is 13.2 Å². The number of aliphatic hydroxyl groups excluding tert-OH is 2. The lowest BCUT2D eigenvalue weighted by Crippen LogP contribution is -2.21. The largest absolute Gasteiger partial charge is 0.491 e. The number of aliphatic hydroxyl groups is 2. The summed E-state index contributed by atoms with van der Waals surface area (Å²) in [5.74, 6) is 0.642. The van der Waals surface area contributed by atoms with Crippen molar-refractivity contribution in [3.8, 4) is 11.8 Å². The van der Waals surface area contributed by atoms with Crippen molar-refractivity contribution in [2.24, 2.45) is 0 Å². The van der Waals surface area contributed by atoms with Gasteiger partial charge in [0.25, 0.3) is 0 Å². The van der Waals surface area contributed by atoms with E-state index in [1.54, 1.807) is 12.1 Å². The van der Waals surface area contributed by atoms with E-state index in [2.05, 4.69) is 6.07 Å². The second-order valence-electron chi connectivity index (χ2n) is 4.78. The Kier molecular flexibility index (Phi) is 5.73. The molecule has 2 aromatic carbocycles. The monoisotopic (exact) mass is 295 g/mol. The molecule has 1 unspecified atom stereocenters. The number of ether oxygens (including phenoxy) is 1. The Balaban J connectivity index is 1.95. The van der Waals surface area contributed by atoms with Crippen LogP contribution in [0.25, 0.3) is 12.2 Å². The van der Waals surface area contributed by atoms with E-state index in [1.165, 1.54) is 0 Å². The Morgan fingerprint density at radius 2 is 1.55 bits per heavy atom. The maximum atomic E-state index is 9.22. The number of hydrogen-bond acceptors (Lipinski definition) is 4. The van der Waals surface area contributed by atoms with E-state index in [9.17, 15) is 5.11 Å². The lowest BCUT2D eigenvalue weighted by Gasteiger charge is -2.09. The van der Waals surface area contributed by atoms with Crippen molar-refractivity contribution >= 4 is 12.2 Å². The van der Waals surface area contributed by atoms with E-state index >= 15 is 0 Å². The topological polar surface area (TPSA) is 73.5 Å². The third-order valence-electron chi connectivity index (χ3n) is 3.04. The van der Waals surface area contributed by atoms with Gasteiger partial charge in [-0.15, -0.1) is 0 Å². The predicted octanol–water partition coefficient (Wildman–Crippen LogP) is 2.46. The van der Waals surface area contributed by atoms with Gasteiger partial charge in [0.1, 0.15) is 18.5 Å². The van der Waals surface area contributed by atoms with Gasteiger partial charge >= 0.3 is 0 Å². The van der Waals surface area contributed by atoms with Gasteiger partial charge in [0, 0.05) is 0 Å². The van der Waals surface area contributed by atoms with E-state index < -0.39 is 6.10 Å². The van der Waals surface area contributed by atoms with E-state index in [4.69, 9.17) is 15.1 Å². The molecule has 2 N–H and O–H groups in total. The fraction of sp³-hybridized carbons (Fsp3) is 0.167. The molecule has 0 amide bonds. The minimum atomic E-state index is -0.865. The molecule has 0 aliphatic rings. The smallest absolute Gasteiger partial charge is 0.119 e. The normalized spacial score (nSPS) is 12.0. The van der Waals surface area contributed by atoms with Gasteiger partial charge < -0.3 is 14.9 Å². The van der Waals surface area contributed by atoms with Crippen LogP contribution >= 0.6 is 0 Å². The highest BCUT2D eigenvalue weighted by molar-refractivity contribution is 5.70. The first kappa shape index (κ1) is 15.8. The van der Waals surface area contributed by atoms with Crippen LogP contribution in [0, 0.1) is 11.3 Å². The van der Waals surface area contributed by atoms with Crippen LogP contribution in [0.2, 0.25) is 0 Å². The predicted molar refractivity (Wildman–Crippen MR) is 85.1 cm³/mol. The van der Waals surface area contributed by atoms with Gasteiger partial charge in [-0.05, 0) is 35.4 Å². The first-order valence-electron chi connectivity index (χ1n) is 6.91. The molecule has 112 valence electrons. The summed E-state index contributed by atoms with van der Waals surface area (Å²) < 4.78 is 5.34. The summed E-state index contributed by atoms with van der Waals surface area (Å²) in [6, 6.07) is 16.9. The molecular weight excluding hydrogens is 278 g/mol. The molecule has 0 aliphatic heterocycles. The van der Waals surface area contributed by atoms with Crippen LogP contribution in [0.5, 0.6) is 5.75 Å². The summed E-state index contributed by atoms with van der Waals surface area (Å²) in [4.78, 5) is 0. The average molecular weight is 295 g/mol. The van der Waals surface area contributed by atoms with Crippen LogP contribution in [0.3, 0.4) is 0 Å². The maximum absolute atomic E-state index is 9.22. The molecule has 0 aromatic heterocycles. The summed E-state index contributed by atoms with van der Waals surface area (Å²) in [6.45, 7) is -0.248. The molecule has 0 radical (unpaired) electrons. The van der Waals surface area contributed by atoms with Crippen LogP contribution in [0.1, 0.15) is 16.7 Å². The minimum Gasteiger partial charge on any atom is -0.491 e. The molecule has 22 heavy (non-hydrogen) atoms. The highest BCUT2D eigenvalue weighted by Crippen LogP contribution is 2.15. The standard InChI is InChI=1S/C18H17NO3/c19-11-16-5-3-14(4-6-16)1-2-15-7-9-18(10-8-15)22-13-17(21)12-20/h1-10,17,20-21H,12-13H2/b2-1+. The molecule has 0 heterocycles. The Bertz CT molecular complexity index is 654. The van der Waals surface area contributed by atoms with Crippen LogP contribution in [-0.2, 0) is 0 Å². The fourth-order valence-corrected chi connectivity index (χ4v) is 1.78. The Labute approximate surface area is 129 Å². The quantitative estimate of drug-likeness (QED) is 0.803. The molecule has 0 fully saturated rings. The van der Waals surface area contributed by atoms with Gasteiger partial charge in [-0.1, -0.05) is 36.4 Å². The molecule has 2 rings (SSSR count). The maximum Gasteiger partial charge on any atom is 0.119 e. The molecular formula is C18H17NO3. The van der Waals surface area contributed by atoms with E-state index in [0.717, 1.165) is 11.1 Å². The number of nitriles is 1. The fourth-order valence-electron chi connectivity index (χ4n) is 1.78. The minimum absolute atomic E-state index is 0.0664. The lowest BCUT2D eigenvalue weighted by molar-refractivity contribution is 0.0536. The SMILES string of the molecule is N#Cc1ccc(/C=C/c2ccc(OCC(O)CO)cc2)cc1. The van der Waals surface area contributed by atoms with Crippen LogP contribution in [-0.4, -0.2) is 29.5 Å². The first-order chi connectivity index (χ1) is 10.7.